The van der Waals surface area contributed by atoms with Crippen molar-refractivity contribution in [2.24, 2.45) is 0 Å². The molecule has 3 rings (SSSR count). The number of carbonyl (C=O) groups excluding carboxylic acids is 1. The molecule has 3 aromatic rings. The first-order chi connectivity index (χ1) is 13.3. The maximum Gasteiger partial charge on any atom is 0.416 e. The summed E-state index contributed by atoms with van der Waals surface area (Å²) >= 11 is 0. The van der Waals surface area contributed by atoms with Gasteiger partial charge in [-0.25, -0.2) is 4.79 Å². The van der Waals surface area contributed by atoms with Crippen LogP contribution in [0, 0.1) is 6.92 Å². The van der Waals surface area contributed by atoms with Crippen LogP contribution >= 0.6 is 0 Å². The van der Waals surface area contributed by atoms with Crippen molar-refractivity contribution in [3.05, 3.63) is 71.9 Å². The average Bonchev–Trinajstić information content (AvgIpc) is 2.63. The standard InChI is InChI=1S/C19H15F3N4O2/c1-12-8-9-17(26-25-12)28-16-7-3-6-15(11-16)24-18(27)23-14-5-2-4-13(10-14)19(20,21)22/h2-11H,1H3,(H2,23,24,27). The van der Waals surface area contributed by atoms with Crippen molar-refractivity contribution in [2.75, 3.05) is 10.6 Å². The van der Waals surface area contributed by atoms with Crippen molar-refractivity contribution < 1.29 is 22.7 Å². The Hall–Kier alpha value is -3.62. The van der Waals surface area contributed by atoms with Crippen LogP contribution in [0.2, 0.25) is 0 Å². The molecule has 2 amide bonds. The van der Waals surface area contributed by atoms with E-state index in [1.54, 1.807) is 43.3 Å². The highest BCUT2D eigenvalue weighted by molar-refractivity contribution is 5.99. The van der Waals surface area contributed by atoms with E-state index in [9.17, 15) is 18.0 Å². The maximum atomic E-state index is 12.7. The minimum atomic E-state index is -4.49. The highest BCUT2D eigenvalue weighted by Crippen LogP contribution is 2.30. The summed E-state index contributed by atoms with van der Waals surface area (Å²) in [6, 6.07) is 13.6. The van der Waals surface area contributed by atoms with E-state index < -0.39 is 17.8 Å². The molecule has 6 nitrogen and oxygen atoms in total. The van der Waals surface area contributed by atoms with Crippen LogP contribution in [0.25, 0.3) is 0 Å². The highest BCUT2D eigenvalue weighted by atomic mass is 19.4. The Morgan fingerprint density at radius 3 is 2.25 bits per heavy atom. The van der Waals surface area contributed by atoms with Gasteiger partial charge in [0.2, 0.25) is 5.88 Å². The lowest BCUT2D eigenvalue weighted by Gasteiger charge is -2.11. The number of ether oxygens (including phenoxy) is 1. The third-order valence-electron chi connectivity index (χ3n) is 3.54. The van der Waals surface area contributed by atoms with Gasteiger partial charge < -0.3 is 15.4 Å². The first-order valence-electron chi connectivity index (χ1n) is 8.13. The monoisotopic (exact) mass is 388 g/mol. The lowest BCUT2D eigenvalue weighted by molar-refractivity contribution is -0.137. The van der Waals surface area contributed by atoms with Crippen LogP contribution in [0.5, 0.6) is 11.6 Å². The average molecular weight is 388 g/mol. The van der Waals surface area contributed by atoms with Crippen molar-refractivity contribution in [3.63, 3.8) is 0 Å². The zero-order chi connectivity index (χ0) is 20.1. The topological polar surface area (TPSA) is 76.1 Å². The Morgan fingerprint density at radius 1 is 0.929 bits per heavy atom. The second kappa shape index (κ2) is 7.95. The summed E-state index contributed by atoms with van der Waals surface area (Å²) in [6.45, 7) is 1.80. The summed E-state index contributed by atoms with van der Waals surface area (Å²) in [5.74, 6) is 0.700. The SMILES string of the molecule is Cc1ccc(Oc2cccc(NC(=O)Nc3cccc(C(F)(F)F)c3)c2)nn1. The summed E-state index contributed by atoms with van der Waals surface area (Å²) < 4.78 is 43.8. The quantitative estimate of drug-likeness (QED) is 0.641. The molecule has 9 heteroatoms. The van der Waals surface area contributed by atoms with Gasteiger partial charge in [-0.05, 0) is 43.3 Å². The third kappa shape index (κ3) is 5.19. The first-order valence-corrected chi connectivity index (χ1v) is 8.13. The minimum absolute atomic E-state index is 0.0228. The van der Waals surface area contributed by atoms with Gasteiger partial charge in [-0.2, -0.15) is 18.3 Å². The predicted molar refractivity (Wildman–Crippen MR) is 97.4 cm³/mol. The van der Waals surface area contributed by atoms with E-state index in [0.717, 1.165) is 17.8 Å². The summed E-state index contributed by atoms with van der Waals surface area (Å²) in [5, 5.41) is 12.7. The van der Waals surface area contributed by atoms with Crippen LogP contribution in [0.3, 0.4) is 0 Å². The molecule has 0 unspecified atom stereocenters. The van der Waals surface area contributed by atoms with Gasteiger partial charge in [-0.3, -0.25) is 0 Å². The number of aryl methyl sites for hydroxylation is 1. The molecule has 0 aliphatic rings. The molecule has 0 atom stereocenters. The fourth-order valence-electron chi connectivity index (χ4n) is 2.27. The lowest BCUT2D eigenvalue weighted by Crippen LogP contribution is -2.19. The Kier molecular flexibility index (Phi) is 5.44. The molecule has 0 aliphatic heterocycles. The molecule has 0 saturated carbocycles. The summed E-state index contributed by atoms with van der Waals surface area (Å²) in [6.07, 6.45) is -4.49. The number of benzene rings is 2. The van der Waals surface area contributed by atoms with Crippen molar-refractivity contribution in [1.82, 2.24) is 10.2 Å². The molecule has 0 saturated heterocycles. The number of alkyl halides is 3. The number of hydrogen-bond donors (Lipinski definition) is 2. The Balaban J connectivity index is 1.65. The molecular weight excluding hydrogens is 373 g/mol. The predicted octanol–water partition coefficient (Wildman–Crippen LogP) is 5.24. The van der Waals surface area contributed by atoms with Gasteiger partial charge in [0.05, 0.1) is 11.3 Å². The molecule has 1 aromatic heterocycles. The number of amides is 2. The van der Waals surface area contributed by atoms with Crippen LogP contribution < -0.4 is 15.4 Å². The van der Waals surface area contributed by atoms with Gasteiger partial charge in [0.1, 0.15) is 5.75 Å². The van der Waals surface area contributed by atoms with Crippen molar-refractivity contribution in [3.8, 4) is 11.6 Å². The normalized spacial score (nSPS) is 11.0. The Labute approximate surface area is 158 Å². The van der Waals surface area contributed by atoms with Gasteiger partial charge in [0.25, 0.3) is 0 Å². The smallest absolute Gasteiger partial charge is 0.416 e. The van der Waals surface area contributed by atoms with E-state index in [1.165, 1.54) is 12.1 Å². The summed E-state index contributed by atoms with van der Waals surface area (Å²) in [4.78, 5) is 12.1. The van der Waals surface area contributed by atoms with E-state index in [0.29, 0.717) is 11.4 Å². The molecule has 0 aliphatic carbocycles. The van der Waals surface area contributed by atoms with E-state index >= 15 is 0 Å². The van der Waals surface area contributed by atoms with Crippen molar-refractivity contribution in [2.45, 2.75) is 13.1 Å². The summed E-state index contributed by atoms with van der Waals surface area (Å²) in [7, 11) is 0. The minimum Gasteiger partial charge on any atom is -0.437 e. The van der Waals surface area contributed by atoms with Gasteiger partial charge >= 0.3 is 12.2 Å². The van der Waals surface area contributed by atoms with Crippen LogP contribution in [-0.4, -0.2) is 16.2 Å². The molecule has 0 spiro atoms. The summed E-state index contributed by atoms with van der Waals surface area (Å²) in [5.41, 5.74) is 0.311. The number of carbonyl (C=O) groups is 1. The molecule has 0 radical (unpaired) electrons. The molecule has 2 N–H and O–H groups in total. The number of anilines is 2. The van der Waals surface area contributed by atoms with Crippen LogP contribution in [0.1, 0.15) is 11.3 Å². The highest BCUT2D eigenvalue weighted by Gasteiger charge is 2.30. The maximum absolute atomic E-state index is 12.7. The molecule has 2 aromatic carbocycles. The van der Waals surface area contributed by atoms with E-state index in [-0.39, 0.29) is 11.6 Å². The fraction of sp³-hybridized carbons (Fsp3) is 0.105. The van der Waals surface area contributed by atoms with Crippen molar-refractivity contribution in [1.29, 1.82) is 0 Å². The number of halogens is 3. The van der Waals surface area contributed by atoms with Crippen LogP contribution in [-0.2, 0) is 6.18 Å². The second-order valence-electron chi connectivity index (χ2n) is 5.80. The van der Waals surface area contributed by atoms with E-state index in [4.69, 9.17) is 4.74 Å². The van der Waals surface area contributed by atoms with Gasteiger partial charge in [0.15, 0.2) is 0 Å². The Bertz CT molecular complexity index is 975. The van der Waals surface area contributed by atoms with E-state index in [1.807, 2.05) is 0 Å². The molecular formula is C19H15F3N4O2. The number of rotatable bonds is 4. The van der Waals surface area contributed by atoms with Crippen LogP contribution in [0.4, 0.5) is 29.3 Å². The molecule has 0 bridgehead atoms. The molecule has 28 heavy (non-hydrogen) atoms. The number of aromatic nitrogens is 2. The van der Waals surface area contributed by atoms with Gasteiger partial charge in [-0.1, -0.05) is 12.1 Å². The number of nitrogens with zero attached hydrogens (tertiary/aromatic N) is 2. The number of hydrogen-bond acceptors (Lipinski definition) is 4. The Morgan fingerprint density at radius 2 is 1.61 bits per heavy atom. The molecule has 0 fully saturated rings. The largest absolute Gasteiger partial charge is 0.437 e. The fourth-order valence-corrected chi connectivity index (χ4v) is 2.27. The van der Waals surface area contributed by atoms with Crippen molar-refractivity contribution >= 4 is 17.4 Å². The third-order valence-corrected chi connectivity index (χ3v) is 3.54. The molecule has 144 valence electrons. The second-order valence-corrected chi connectivity index (χ2v) is 5.80. The first kappa shape index (κ1) is 19.2. The van der Waals surface area contributed by atoms with Gasteiger partial charge in [0, 0.05) is 23.5 Å². The molecule has 1 heterocycles. The van der Waals surface area contributed by atoms with Crippen LogP contribution in [0.15, 0.2) is 60.7 Å². The zero-order valence-electron chi connectivity index (χ0n) is 14.6. The number of urea groups is 1. The van der Waals surface area contributed by atoms with E-state index in [2.05, 4.69) is 20.8 Å². The van der Waals surface area contributed by atoms with Gasteiger partial charge in [-0.15, -0.1) is 5.10 Å². The lowest BCUT2D eigenvalue weighted by atomic mass is 10.2. The number of nitrogens with one attached hydrogen (secondary N) is 2. The zero-order valence-corrected chi connectivity index (χ0v) is 14.6.